The van der Waals surface area contributed by atoms with Crippen LogP contribution >= 0.6 is 0 Å². The molecule has 0 bridgehead atoms. The highest BCUT2D eigenvalue weighted by Crippen LogP contribution is 2.27. The van der Waals surface area contributed by atoms with Crippen LogP contribution in [0.5, 0.6) is 0 Å². The van der Waals surface area contributed by atoms with Gasteiger partial charge in [0.15, 0.2) is 0 Å². The summed E-state index contributed by atoms with van der Waals surface area (Å²) in [7, 11) is 0. The Morgan fingerprint density at radius 1 is 1.25 bits per heavy atom. The van der Waals surface area contributed by atoms with E-state index in [-0.39, 0.29) is 0 Å². The molecule has 1 saturated heterocycles. The maximum atomic E-state index is 4.55. The SMILES string of the molecule is C1=C(N2CCNCC2)c2ncccc2CC1. The van der Waals surface area contributed by atoms with E-state index in [2.05, 4.69) is 27.3 Å². The van der Waals surface area contributed by atoms with Gasteiger partial charge in [-0.1, -0.05) is 12.1 Å². The number of aromatic nitrogens is 1. The van der Waals surface area contributed by atoms with Crippen molar-refractivity contribution in [1.29, 1.82) is 0 Å². The largest absolute Gasteiger partial charge is 0.367 e. The van der Waals surface area contributed by atoms with Crippen molar-refractivity contribution in [3.63, 3.8) is 0 Å². The zero-order valence-corrected chi connectivity index (χ0v) is 9.45. The molecule has 3 heteroatoms. The first-order chi connectivity index (χ1) is 7.95. The van der Waals surface area contributed by atoms with Crippen LogP contribution in [0.15, 0.2) is 24.4 Å². The summed E-state index contributed by atoms with van der Waals surface area (Å²) in [6.07, 6.45) is 6.54. The van der Waals surface area contributed by atoms with Gasteiger partial charge in [0.1, 0.15) is 0 Å². The van der Waals surface area contributed by atoms with Crippen LogP contribution in [0.2, 0.25) is 0 Å². The smallest absolute Gasteiger partial charge is 0.0891 e. The molecule has 3 nitrogen and oxygen atoms in total. The number of hydrogen-bond donors (Lipinski definition) is 1. The van der Waals surface area contributed by atoms with E-state index < -0.39 is 0 Å². The highest BCUT2D eigenvalue weighted by molar-refractivity contribution is 5.65. The first-order valence-electron chi connectivity index (χ1n) is 6.05. The third-order valence-corrected chi connectivity index (χ3v) is 3.34. The molecule has 1 aliphatic carbocycles. The normalized spacial score (nSPS) is 20.2. The minimum absolute atomic E-state index is 1.08. The van der Waals surface area contributed by atoms with Gasteiger partial charge in [0.2, 0.25) is 0 Å². The lowest BCUT2D eigenvalue weighted by atomic mass is 9.98. The molecule has 2 heterocycles. The van der Waals surface area contributed by atoms with Gasteiger partial charge in [-0.05, 0) is 24.5 Å². The molecule has 2 aliphatic rings. The molecule has 1 aromatic heterocycles. The third-order valence-electron chi connectivity index (χ3n) is 3.34. The molecule has 1 fully saturated rings. The number of nitrogens with zero attached hydrogens (tertiary/aromatic N) is 2. The Morgan fingerprint density at radius 3 is 3.00 bits per heavy atom. The lowest BCUT2D eigenvalue weighted by Gasteiger charge is -2.33. The van der Waals surface area contributed by atoms with Gasteiger partial charge in [0.05, 0.1) is 11.4 Å². The Hall–Kier alpha value is -1.35. The second-order valence-electron chi connectivity index (χ2n) is 4.38. The molecular weight excluding hydrogens is 198 g/mol. The molecule has 3 rings (SSSR count). The van der Waals surface area contributed by atoms with Crippen LogP contribution in [0.4, 0.5) is 0 Å². The summed E-state index contributed by atoms with van der Waals surface area (Å²) in [5.41, 5.74) is 3.96. The van der Waals surface area contributed by atoms with Gasteiger partial charge >= 0.3 is 0 Å². The van der Waals surface area contributed by atoms with Crippen LogP contribution in [0.25, 0.3) is 5.70 Å². The predicted molar refractivity (Wildman–Crippen MR) is 65.0 cm³/mol. The van der Waals surface area contributed by atoms with Gasteiger partial charge in [0, 0.05) is 32.4 Å². The van der Waals surface area contributed by atoms with Crippen LogP contribution in [0, 0.1) is 0 Å². The Balaban J connectivity index is 1.92. The van der Waals surface area contributed by atoms with Crippen molar-refractivity contribution in [1.82, 2.24) is 15.2 Å². The molecule has 0 unspecified atom stereocenters. The number of hydrogen-bond acceptors (Lipinski definition) is 3. The summed E-state index contributed by atoms with van der Waals surface area (Å²) in [5, 5.41) is 3.39. The fourth-order valence-electron chi connectivity index (χ4n) is 2.52. The van der Waals surface area contributed by atoms with Crippen molar-refractivity contribution in [3.8, 4) is 0 Å². The molecule has 0 saturated carbocycles. The maximum Gasteiger partial charge on any atom is 0.0891 e. The highest BCUT2D eigenvalue weighted by Gasteiger charge is 2.20. The van der Waals surface area contributed by atoms with Crippen LogP contribution in [0.1, 0.15) is 17.7 Å². The minimum Gasteiger partial charge on any atom is -0.367 e. The Kier molecular flexibility index (Phi) is 2.62. The van der Waals surface area contributed by atoms with Crippen LogP contribution in [-0.4, -0.2) is 36.1 Å². The fourth-order valence-corrected chi connectivity index (χ4v) is 2.52. The lowest BCUT2D eigenvalue weighted by molar-refractivity contribution is 0.338. The number of rotatable bonds is 1. The lowest BCUT2D eigenvalue weighted by Crippen LogP contribution is -2.42. The van der Waals surface area contributed by atoms with E-state index in [1.807, 2.05) is 12.3 Å². The quantitative estimate of drug-likeness (QED) is 0.764. The topological polar surface area (TPSA) is 28.2 Å². The Labute approximate surface area is 96.2 Å². The summed E-state index contributed by atoms with van der Waals surface area (Å²) in [4.78, 5) is 7.01. The van der Waals surface area contributed by atoms with Crippen LogP contribution in [0.3, 0.4) is 0 Å². The van der Waals surface area contributed by atoms with E-state index in [0.29, 0.717) is 0 Å². The van der Waals surface area contributed by atoms with Gasteiger partial charge < -0.3 is 10.2 Å². The second kappa shape index (κ2) is 4.26. The average molecular weight is 215 g/mol. The monoisotopic (exact) mass is 215 g/mol. The molecule has 16 heavy (non-hydrogen) atoms. The van der Waals surface area contributed by atoms with Gasteiger partial charge in [-0.3, -0.25) is 4.98 Å². The van der Waals surface area contributed by atoms with E-state index in [0.717, 1.165) is 39.0 Å². The molecule has 0 spiro atoms. The average Bonchev–Trinajstić information content (AvgIpc) is 2.39. The maximum absolute atomic E-state index is 4.55. The number of allylic oxidation sites excluding steroid dienone is 1. The van der Waals surface area contributed by atoms with Gasteiger partial charge in [-0.2, -0.15) is 0 Å². The number of pyridine rings is 1. The highest BCUT2D eigenvalue weighted by atomic mass is 15.2. The zero-order chi connectivity index (χ0) is 10.8. The molecular formula is C13H17N3. The molecule has 1 aliphatic heterocycles. The summed E-state index contributed by atoms with van der Waals surface area (Å²) in [6.45, 7) is 4.36. The number of piperazine rings is 1. The molecule has 0 amide bonds. The molecule has 1 N–H and O–H groups in total. The summed E-state index contributed by atoms with van der Waals surface area (Å²) in [5.74, 6) is 0. The Bertz CT molecular complexity index is 405. The van der Waals surface area contributed by atoms with E-state index in [4.69, 9.17) is 0 Å². The zero-order valence-electron chi connectivity index (χ0n) is 9.45. The predicted octanol–water partition coefficient (Wildman–Crippen LogP) is 1.27. The number of nitrogens with one attached hydrogen (secondary N) is 1. The summed E-state index contributed by atoms with van der Waals surface area (Å²) in [6, 6.07) is 4.25. The van der Waals surface area contributed by atoms with Crippen molar-refractivity contribution in [2.24, 2.45) is 0 Å². The van der Waals surface area contributed by atoms with Crippen molar-refractivity contribution >= 4 is 5.70 Å². The van der Waals surface area contributed by atoms with Crippen molar-refractivity contribution in [2.45, 2.75) is 12.8 Å². The molecule has 1 aromatic rings. The van der Waals surface area contributed by atoms with Gasteiger partial charge in [0.25, 0.3) is 0 Å². The van der Waals surface area contributed by atoms with Gasteiger partial charge in [-0.25, -0.2) is 0 Å². The Morgan fingerprint density at radius 2 is 2.12 bits per heavy atom. The standard InChI is InChI=1S/C13H17N3/c1-3-11-4-2-6-15-13(11)12(5-1)16-9-7-14-8-10-16/h2,4-6,14H,1,3,7-10H2. The first kappa shape index (κ1) is 9.85. The van der Waals surface area contributed by atoms with Crippen molar-refractivity contribution < 1.29 is 0 Å². The van der Waals surface area contributed by atoms with E-state index in [1.54, 1.807) is 0 Å². The fraction of sp³-hybridized carbons (Fsp3) is 0.462. The number of aryl methyl sites for hydroxylation is 1. The van der Waals surface area contributed by atoms with Crippen molar-refractivity contribution in [3.05, 3.63) is 35.7 Å². The molecule has 0 aromatic carbocycles. The van der Waals surface area contributed by atoms with Gasteiger partial charge in [-0.15, -0.1) is 0 Å². The number of fused-ring (bicyclic) bond motifs is 1. The van der Waals surface area contributed by atoms with E-state index in [9.17, 15) is 0 Å². The third kappa shape index (κ3) is 1.71. The molecule has 84 valence electrons. The van der Waals surface area contributed by atoms with Crippen LogP contribution in [-0.2, 0) is 6.42 Å². The summed E-state index contributed by atoms with van der Waals surface area (Å²) >= 11 is 0. The minimum atomic E-state index is 1.08. The second-order valence-corrected chi connectivity index (χ2v) is 4.38. The molecule has 0 atom stereocenters. The van der Waals surface area contributed by atoms with E-state index in [1.165, 1.54) is 17.0 Å². The van der Waals surface area contributed by atoms with Crippen LogP contribution < -0.4 is 5.32 Å². The van der Waals surface area contributed by atoms with Crippen molar-refractivity contribution in [2.75, 3.05) is 26.2 Å². The van der Waals surface area contributed by atoms with E-state index >= 15 is 0 Å². The molecule has 0 radical (unpaired) electrons. The summed E-state index contributed by atoms with van der Waals surface area (Å²) < 4.78 is 0. The first-order valence-corrected chi connectivity index (χ1v) is 6.05.